The molecule has 1 aliphatic rings. The Morgan fingerprint density at radius 2 is 2.00 bits per heavy atom. The van der Waals surface area contributed by atoms with E-state index in [9.17, 15) is 17.6 Å². The molecular formula is C20H22ClFN2O4S. The highest BCUT2D eigenvalue weighted by molar-refractivity contribution is 7.89. The second kappa shape index (κ2) is 8.79. The number of ether oxygens (including phenoxy) is 1. The molecule has 2 aromatic rings. The van der Waals surface area contributed by atoms with E-state index in [-0.39, 0.29) is 27.9 Å². The summed E-state index contributed by atoms with van der Waals surface area (Å²) >= 11 is 5.79. The van der Waals surface area contributed by atoms with E-state index in [0.717, 1.165) is 6.07 Å². The number of benzene rings is 2. The van der Waals surface area contributed by atoms with E-state index >= 15 is 0 Å². The van der Waals surface area contributed by atoms with Crippen LogP contribution in [0.1, 0.15) is 23.2 Å². The van der Waals surface area contributed by atoms with Crippen LogP contribution in [0.25, 0.3) is 0 Å². The lowest BCUT2D eigenvalue weighted by Gasteiger charge is -2.30. The standard InChI is InChI=1S/C20H22ClFN2O4S/c1-28-12-10-20(23-29(26,27)16-5-3-2-4-6-16)9-11-24(14-20)19(25)15-7-8-18(22)17(21)13-15/h2-8,13,23H,9-12,14H2,1H3. The minimum absolute atomic E-state index is 0.134. The van der Waals surface area contributed by atoms with Gasteiger partial charge in [0.2, 0.25) is 10.0 Å². The zero-order chi connectivity index (χ0) is 21.1. The molecule has 1 amide bonds. The molecule has 1 heterocycles. The van der Waals surface area contributed by atoms with Gasteiger partial charge in [0.1, 0.15) is 5.82 Å². The van der Waals surface area contributed by atoms with Gasteiger partial charge >= 0.3 is 0 Å². The Hall–Kier alpha value is -2.00. The summed E-state index contributed by atoms with van der Waals surface area (Å²) in [5.74, 6) is -0.931. The fourth-order valence-corrected chi connectivity index (χ4v) is 5.09. The summed E-state index contributed by atoms with van der Waals surface area (Å²) < 4.78 is 47.1. The van der Waals surface area contributed by atoms with Gasteiger partial charge in [-0.1, -0.05) is 29.8 Å². The Balaban J connectivity index is 1.82. The van der Waals surface area contributed by atoms with Gasteiger partial charge in [-0.25, -0.2) is 17.5 Å². The number of methoxy groups -OCH3 is 1. The number of carbonyl (C=O) groups excluding carboxylic acids is 1. The molecule has 6 nitrogen and oxygen atoms in total. The fraction of sp³-hybridized carbons (Fsp3) is 0.350. The summed E-state index contributed by atoms with van der Waals surface area (Å²) in [5.41, 5.74) is -0.602. The molecule has 9 heteroatoms. The van der Waals surface area contributed by atoms with Crippen LogP contribution in [0.3, 0.4) is 0 Å². The third-order valence-electron chi connectivity index (χ3n) is 5.00. The Morgan fingerprint density at radius 3 is 2.66 bits per heavy atom. The zero-order valence-electron chi connectivity index (χ0n) is 15.9. The lowest BCUT2D eigenvalue weighted by atomic mass is 9.96. The first-order valence-corrected chi connectivity index (χ1v) is 10.9. The van der Waals surface area contributed by atoms with E-state index in [1.54, 1.807) is 23.1 Å². The van der Waals surface area contributed by atoms with E-state index in [4.69, 9.17) is 16.3 Å². The SMILES string of the molecule is COCCC1(NS(=O)(=O)c2ccccc2)CCN(C(=O)c2ccc(F)c(Cl)c2)C1. The summed E-state index contributed by atoms with van der Waals surface area (Å²) in [6.45, 7) is 0.868. The predicted molar refractivity (Wildman–Crippen MR) is 108 cm³/mol. The van der Waals surface area contributed by atoms with E-state index < -0.39 is 21.4 Å². The monoisotopic (exact) mass is 440 g/mol. The van der Waals surface area contributed by atoms with Crippen molar-refractivity contribution in [3.8, 4) is 0 Å². The number of nitrogens with zero attached hydrogens (tertiary/aromatic N) is 1. The lowest BCUT2D eigenvalue weighted by Crippen LogP contribution is -2.51. The average molecular weight is 441 g/mol. The quantitative estimate of drug-likeness (QED) is 0.717. The molecule has 0 spiro atoms. The summed E-state index contributed by atoms with van der Waals surface area (Å²) in [6, 6.07) is 11.9. The third kappa shape index (κ3) is 4.95. The summed E-state index contributed by atoms with van der Waals surface area (Å²) in [6.07, 6.45) is 0.840. The van der Waals surface area contributed by atoms with Gasteiger partial charge in [0.15, 0.2) is 0 Å². The predicted octanol–water partition coefficient (Wildman–Crippen LogP) is 3.08. The molecule has 3 rings (SSSR count). The first kappa shape index (κ1) is 21.7. The molecule has 0 radical (unpaired) electrons. The smallest absolute Gasteiger partial charge is 0.253 e. The maximum absolute atomic E-state index is 13.4. The van der Waals surface area contributed by atoms with Crippen molar-refractivity contribution in [2.24, 2.45) is 0 Å². The van der Waals surface area contributed by atoms with Gasteiger partial charge in [-0.3, -0.25) is 4.79 Å². The van der Waals surface area contributed by atoms with Crippen molar-refractivity contribution in [1.82, 2.24) is 9.62 Å². The van der Waals surface area contributed by atoms with Crippen molar-refractivity contribution in [2.45, 2.75) is 23.3 Å². The van der Waals surface area contributed by atoms with Crippen molar-refractivity contribution in [1.29, 1.82) is 0 Å². The molecule has 0 aliphatic carbocycles. The summed E-state index contributed by atoms with van der Waals surface area (Å²) in [7, 11) is -2.23. The normalized spacial score (nSPS) is 19.5. The van der Waals surface area contributed by atoms with Crippen LogP contribution in [-0.4, -0.2) is 51.6 Å². The van der Waals surface area contributed by atoms with Crippen LogP contribution in [0.4, 0.5) is 4.39 Å². The number of rotatable bonds is 7. The van der Waals surface area contributed by atoms with Crippen LogP contribution in [0.2, 0.25) is 5.02 Å². The molecule has 0 bridgehead atoms. The van der Waals surface area contributed by atoms with E-state index in [1.165, 1.54) is 31.4 Å². The number of carbonyl (C=O) groups is 1. The highest BCUT2D eigenvalue weighted by atomic mass is 35.5. The molecule has 1 aliphatic heterocycles. The maximum Gasteiger partial charge on any atom is 0.253 e. The van der Waals surface area contributed by atoms with Gasteiger partial charge in [0, 0.05) is 32.4 Å². The molecule has 1 unspecified atom stereocenters. The Kier molecular flexibility index (Phi) is 6.58. The largest absolute Gasteiger partial charge is 0.385 e. The number of hydrogen-bond acceptors (Lipinski definition) is 4. The van der Waals surface area contributed by atoms with Crippen molar-refractivity contribution in [3.05, 3.63) is 64.9 Å². The molecular weight excluding hydrogens is 419 g/mol. The minimum Gasteiger partial charge on any atom is -0.385 e. The maximum atomic E-state index is 13.4. The van der Waals surface area contributed by atoms with Crippen LogP contribution in [-0.2, 0) is 14.8 Å². The molecule has 0 aromatic heterocycles. The number of nitrogens with one attached hydrogen (secondary N) is 1. The van der Waals surface area contributed by atoms with Crippen LogP contribution >= 0.6 is 11.6 Å². The summed E-state index contributed by atoms with van der Waals surface area (Å²) in [4.78, 5) is 14.6. The molecule has 1 saturated heterocycles. The lowest BCUT2D eigenvalue weighted by molar-refractivity contribution is 0.0775. The van der Waals surface area contributed by atoms with E-state index in [2.05, 4.69) is 4.72 Å². The van der Waals surface area contributed by atoms with Gasteiger partial charge in [0.05, 0.1) is 15.5 Å². The van der Waals surface area contributed by atoms with Crippen LogP contribution in [0.5, 0.6) is 0 Å². The number of halogens is 2. The third-order valence-corrected chi connectivity index (χ3v) is 6.88. The van der Waals surface area contributed by atoms with Gasteiger partial charge in [-0.15, -0.1) is 0 Å². The topological polar surface area (TPSA) is 75.7 Å². The first-order valence-electron chi connectivity index (χ1n) is 9.09. The minimum atomic E-state index is -3.77. The van der Waals surface area contributed by atoms with Crippen LogP contribution < -0.4 is 4.72 Å². The first-order chi connectivity index (χ1) is 13.8. The Morgan fingerprint density at radius 1 is 1.28 bits per heavy atom. The molecule has 0 saturated carbocycles. The zero-order valence-corrected chi connectivity index (χ0v) is 17.5. The van der Waals surface area contributed by atoms with Gasteiger partial charge in [-0.05, 0) is 43.2 Å². The summed E-state index contributed by atoms with van der Waals surface area (Å²) in [5, 5.41) is -0.134. The second-order valence-electron chi connectivity index (χ2n) is 7.05. The van der Waals surface area contributed by atoms with E-state index in [1.807, 2.05) is 0 Å². The number of likely N-dealkylation sites (tertiary alicyclic amines) is 1. The van der Waals surface area contributed by atoms with E-state index in [0.29, 0.717) is 26.0 Å². The number of amides is 1. The molecule has 1 atom stereocenters. The van der Waals surface area contributed by atoms with Crippen molar-refractivity contribution in [2.75, 3.05) is 26.8 Å². The van der Waals surface area contributed by atoms with Gasteiger partial charge in [0.25, 0.3) is 5.91 Å². The molecule has 1 N–H and O–H groups in total. The Labute approximate surface area is 174 Å². The van der Waals surface area contributed by atoms with Gasteiger partial charge < -0.3 is 9.64 Å². The van der Waals surface area contributed by atoms with Crippen molar-refractivity contribution < 1.29 is 22.3 Å². The van der Waals surface area contributed by atoms with Crippen molar-refractivity contribution in [3.63, 3.8) is 0 Å². The fourth-order valence-electron chi connectivity index (χ4n) is 3.44. The number of hydrogen-bond donors (Lipinski definition) is 1. The second-order valence-corrected chi connectivity index (χ2v) is 9.14. The Bertz CT molecular complexity index is 987. The van der Waals surface area contributed by atoms with Gasteiger partial charge in [-0.2, -0.15) is 0 Å². The number of sulfonamides is 1. The average Bonchev–Trinajstić information content (AvgIpc) is 3.12. The molecule has 2 aromatic carbocycles. The highest BCUT2D eigenvalue weighted by Crippen LogP contribution is 2.29. The molecule has 1 fully saturated rings. The molecule has 156 valence electrons. The van der Waals surface area contributed by atoms with Crippen LogP contribution in [0, 0.1) is 5.82 Å². The highest BCUT2D eigenvalue weighted by Gasteiger charge is 2.43. The molecule has 29 heavy (non-hydrogen) atoms. The van der Waals surface area contributed by atoms with Crippen molar-refractivity contribution >= 4 is 27.5 Å². The van der Waals surface area contributed by atoms with Crippen LogP contribution in [0.15, 0.2) is 53.4 Å².